The molecular formula is C23H21FN4O4S. The van der Waals surface area contributed by atoms with Gasteiger partial charge >= 0.3 is 0 Å². The molecule has 10 heteroatoms. The van der Waals surface area contributed by atoms with Crippen LogP contribution in [0.4, 0.5) is 15.9 Å². The highest BCUT2D eigenvalue weighted by Crippen LogP contribution is 2.38. The van der Waals surface area contributed by atoms with Crippen molar-refractivity contribution in [2.45, 2.75) is 0 Å². The highest BCUT2D eigenvalue weighted by molar-refractivity contribution is 7.16. The molecule has 5 rings (SSSR count). The first-order valence-electron chi connectivity index (χ1n) is 10.3. The Labute approximate surface area is 193 Å². The summed E-state index contributed by atoms with van der Waals surface area (Å²) in [5, 5.41) is 3.68. The minimum Gasteiger partial charge on any atom is -0.491 e. The van der Waals surface area contributed by atoms with Crippen molar-refractivity contribution in [1.82, 2.24) is 15.0 Å². The van der Waals surface area contributed by atoms with Crippen molar-refractivity contribution in [3.05, 3.63) is 54.3 Å². The van der Waals surface area contributed by atoms with Crippen molar-refractivity contribution >= 4 is 44.0 Å². The van der Waals surface area contributed by atoms with E-state index in [2.05, 4.69) is 26.8 Å². The number of halogens is 1. The highest BCUT2D eigenvalue weighted by Gasteiger charge is 2.25. The van der Waals surface area contributed by atoms with Gasteiger partial charge in [-0.2, -0.15) is 0 Å². The van der Waals surface area contributed by atoms with E-state index in [-0.39, 0.29) is 17.4 Å². The van der Waals surface area contributed by atoms with Gasteiger partial charge in [0.05, 0.1) is 58.1 Å². The van der Waals surface area contributed by atoms with Gasteiger partial charge in [-0.1, -0.05) is 6.58 Å². The van der Waals surface area contributed by atoms with Crippen LogP contribution in [0, 0.1) is 11.7 Å². The number of anilines is 2. The molecule has 2 aromatic carbocycles. The first-order chi connectivity index (χ1) is 16.1. The lowest BCUT2D eigenvalue weighted by atomic mass is 10.1. The number of aromatic nitrogens is 3. The molecule has 3 heterocycles. The second kappa shape index (κ2) is 9.26. The molecule has 1 N–H and O–H groups in total. The number of ether oxygens (including phenoxy) is 4. The second-order valence-corrected chi connectivity index (χ2v) is 8.29. The topological polar surface area (TPSA) is 87.6 Å². The summed E-state index contributed by atoms with van der Waals surface area (Å²) in [6.45, 7) is 5.98. The first kappa shape index (κ1) is 21.5. The zero-order valence-electron chi connectivity index (χ0n) is 17.8. The summed E-state index contributed by atoms with van der Waals surface area (Å²) < 4.78 is 37.8. The average molecular weight is 469 g/mol. The van der Waals surface area contributed by atoms with E-state index in [1.54, 1.807) is 36.9 Å². The van der Waals surface area contributed by atoms with Crippen LogP contribution in [-0.2, 0) is 9.47 Å². The Hall–Kier alpha value is -3.34. The average Bonchev–Trinajstić information content (AvgIpc) is 3.24. The lowest BCUT2D eigenvalue weighted by Gasteiger charge is -2.28. The van der Waals surface area contributed by atoms with E-state index in [4.69, 9.17) is 18.9 Å². The molecule has 170 valence electrons. The molecule has 1 aliphatic rings. The SMILES string of the molecule is C=C(Oc1cc(OCCOC)cc2ncnc(Nc3ccc4ncsc4c3F)c12)C1COC1. The lowest BCUT2D eigenvalue weighted by molar-refractivity contribution is -0.0274. The lowest BCUT2D eigenvalue weighted by Crippen LogP contribution is -2.30. The monoisotopic (exact) mass is 468 g/mol. The quantitative estimate of drug-likeness (QED) is 0.280. The molecule has 8 nitrogen and oxygen atoms in total. The minimum absolute atomic E-state index is 0.102. The minimum atomic E-state index is -0.389. The van der Waals surface area contributed by atoms with Crippen LogP contribution in [0.3, 0.4) is 0 Å². The van der Waals surface area contributed by atoms with Crippen molar-refractivity contribution < 1.29 is 23.3 Å². The maximum Gasteiger partial charge on any atom is 0.166 e. The van der Waals surface area contributed by atoms with Crippen LogP contribution in [0.1, 0.15) is 0 Å². The van der Waals surface area contributed by atoms with Crippen molar-refractivity contribution in [1.29, 1.82) is 0 Å². The predicted octanol–water partition coefficient (Wildman–Crippen LogP) is 4.69. The van der Waals surface area contributed by atoms with E-state index in [9.17, 15) is 0 Å². The highest BCUT2D eigenvalue weighted by atomic mass is 32.1. The standard InChI is InChI=1S/C23H21FN4O4S/c1-13(14-9-30-10-14)32-19-8-15(31-6-5-29-2)7-18-20(19)23(26-11-25-18)28-16-3-4-17-22(21(16)24)33-12-27-17/h3-4,7-8,11-12,14H,1,5-6,9-10H2,2H3,(H,25,26,28). The molecule has 1 fully saturated rings. The van der Waals surface area contributed by atoms with Crippen LogP contribution in [-0.4, -0.2) is 48.5 Å². The molecule has 0 atom stereocenters. The molecule has 0 amide bonds. The Bertz CT molecular complexity index is 1320. The van der Waals surface area contributed by atoms with E-state index in [0.717, 1.165) is 0 Å². The summed E-state index contributed by atoms with van der Waals surface area (Å²) in [6, 6.07) is 6.93. The molecule has 0 aliphatic carbocycles. The van der Waals surface area contributed by atoms with Gasteiger partial charge in [0.2, 0.25) is 0 Å². The van der Waals surface area contributed by atoms with Crippen LogP contribution in [0.15, 0.2) is 48.4 Å². The molecule has 4 aromatic rings. The van der Waals surface area contributed by atoms with E-state index in [1.807, 2.05) is 0 Å². The normalized spacial score (nSPS) is 13.8. The maximum absolute atomic E-state index is 15.1. The second-order valence-electron chi connectivity index (χ2n) is 7.43. The van der Waals surface area contributed by atoms with Gasteiger partial charge in [-0.05, 0) is 12.1 Å². The third-order valence-electron chi connectivity index (χ3n) is 5.26. The number of benzene rings is 2. The van der Waals surface area contributed by atoms with Gasteiger partial charge in [0.1, 0.15) is 36.0 Å². The maximum atomic E-state index is 15.1. The number of hydrogen-bond acceptors (Lipinski definition) is 9. The summed E-state index contributed by atoms with van der Waals surface area (Å²) in [5.41, 5.74) is 3.08. The number of thiazole rings is 1. The van der Waals surface area contributed by atoms with Gasteiger partial charge in [0, 0.05) is 19.2 Å². The summed E-state index contributed by atoms with van der Waals surface area (Å²) in [7, 11) is 1.61. The fourth-order valence-corrected chi connectivity index (χ4v) is 4.12. The molecule has 1 saturated heterocycles. The van der Waals surface area contributed by atoms with Gasteiger partial charge in [-0.15, -0.1) is 11.3 Å². The number of rotatable bonds is 9. The Balaban J connectivity index is 1.55. The molecule has 0 radical (unpaired) electrons. The van der Waals surface area contributed by atoms with Gasteiger partial charge in [-0.3, -0.25) is 0 Å². The number of nitrogens with one attached hydrogen (secondary N) is 1. The van der Waals surface area contributed by atoms with E-state index in [0.29, 0.717) is 70.6 Å². The molecule has 0 saturated carbocycles. The summed E-state index contributed by atoms with van der Waals surface area (Å²) >= 11 is 1.24. The van der Waals surface area contributed by atoms with Crippen LogP contribution >= 0.6 is 11.3 Å². The van der Waals surface area contributed by atoms with Gasteiger partial charge in [0.15, 0.2) is 5.82 Å². The largest absolute Gasteiger partial charge is 0.491 e. The zero-order chi connectivity index (χ0) is 22.8. The smallest absolute Gasteiger partial charge is 0.166 e. The van der Waals surface area contributed by atoms with Crippen LogP contribution in [0.5, 0.6) is 11.5 Å². The van der Waals surface area contributed by atoms with E-state index >= 15 is 4.39 Å². The Kier molecular flexibility index (Phi) is 6.03. The molecule has 33 heavy (non-hydrogen) atoms. The number of hydrogen-bond donors (Lipinski definition) is 1. The van der Waals surface area contributed by atoms with Gasteiger partial charge < -0.3 is 24.3 Å². The summed E-state index contributed by atoms with van der Waals surface area (Å²) in [4.78, 5) is 12.9. The molecule has 1 aliphatic heterocycles. The zero-order valence-corrected chi connectivity index (χ0v) is 18.7. The van der Waals surface area contributed by atoms with Gasteiger partial charge in [0.25, 0.3) is 0 Å². The molecule has 2 aromatic heterocycles. The van der Waals surface area contributed by atoms with Crippen molar-refractivity contribution in [3.63, 3.8) is 0 Å². The van der Waals surface area contributed by atoms with E-state index in [1.165, 1.54) is 17.7 Å². The van der Waals surface area contributed by atoms with Gasteiger partial charge in [-0.25, -0.2) is 19.3 Å². The van der Waals surface area contributed by atoms with E-state index < -0.39 is 0 Å². The number of nitrogens with zero attached hydrogens (tertiary/aromatic N) is 3. The van der Waals surface area contributed by atoms with Crippen LogP contribution in [0.2, 0.25) is 0 Å². The third-order valence-corrected chi connectivity index (χ3v) is 6.09. The molecule has 0 spiro atoms. The fourth-order valence-electron chi connectivity index (χ4n) is 3.40. The summed E-state index contributed by atoms with van der Waals surface area (Å²) in [6.07, 6.45) is 1.41. The number of methoxy groups -OCH3 is 1. The first-order valence-corrected chi connectivity index (χ1v) is 11.2. The van der Waals surface area contributed by atoms with Crippen molar-refractivity contribution in [2.24, 2.45) is 5.92 Å². The van der Waals surface area contributed by atoms with Crippen LogP contribution < -0.4 is 14.8 Å². The number of fused-ring (bicyclic) bond motifs is 2. The Morgan fingerprint density at radius 3 is 2.88 bits per heavy atom. The van der Waals surface area contributed by atoms with Crippen LogP contribution in [0.25, 0.3) is 21.1 Å². The van der Waals surface area contributed by atoms with Crippen molar-refractivity contribution in [2.75, 3.05) is 38.9 Å². The molecule has 0 unspecified atom stereocenters. The molecule has 0 bridgehead atoms. The molecular weight excluding hydrogens is 447 g/mol. The Morgan fingerprint density at radius 1 is 1.21 bits per heavy atom. The fraction of sp³-hybridized carbons (Fsp3) is 0.261. The van der Waals surface area contributed by atoms with Crippen molar-refractivity contribution in [3.8, 4) is 11.5 Å². The Morgan fingerprint density at radius 2 is 2.09 bits per heavy atom. The third kappa shape index (κ3) is 4.32. The summed E-state index contributed by atoms with van der Waals surface area (Å²) in [5.74, 6) is 1.71. The predicted molar refractivity (Wildman–Crippen MR) is 124 cm³/mol.